The number of carbonyl (C=O) groups is 1. The highest BCUT2D eigenvalue weighted by molar-refractivity contribution is 9.10. The van der Waals surface area contributed by atoms with E-state index < -0.39 is 5.91 Å². The number of fused-ring (bicyclic) bond motifs is 2. The van der Waals surface area contributed by atoms with E-state index in [0.717, 1.165) is 8.95 Å². The molecule has 4 aromatic heterocycles. The molecule has 0 radical (unpaired) electrons. The minimum absolute atomic E-state index is 0.0388. The van der Waals surface area contributed by atoms with Gasteiger partial charge in [-0.1, -0.05) is 0 Å². The Morgan fingerprint density at radius 2 is 1.52 bits per heavy atom. The smallest absolute Gasteiger partial charge is 0.254 e. The lowest BCUT2D eigenvalue weighted by Gasteiger charge is -1.96. The molecule has 0 fully saturated rings. The summed E-state index contributed by atoms with van der Waals surface area (Å²) in [5, 5.41) is 14.1. The Morgan fingerprint density at radius 1 is 1.00 bits per heavy atom. The summed E-state index contributed by atoms with van der Waals surface area (Å²) in [7, 11) is 0. The number of nitrogens with one attached hydrogen (secondary N) is 2. The zero-order valence-corrected chi connectivity index (χ0v) is 16.5. The summed E-state index contributed by atoms with van der Waals surface area (Å²) in [6.07, 6.45) is 6.09. The van der Waals surface area contributed by atoms with E-state index in [0.29, 0.717) is 11.0 Å². The van der Waals surface area contributed by atoms with Gasteiger partial charge in [0, 0.05) is 33.7 Å². The number of carbonyl (C=O) groups excluding carboxylic acids is 1. The number of rotatable bonds is 1. The predicted octanol–water partition coefficient (Wildman–Crippen LogP) is 1.75. The third-order valence-corrected chi connectivity index (χ3v) is 4.48. The quantitative estimate of drug-likeness (QED) is 0.371. The van der Waals surface area contributed by atoms with Crippen LogP contribution in [0.15, 0.2) is 55.5 Å². The van der Waals surface area contributed by atoms with Gasteiger partial charge in [-0.05, 0) is 44.0 Å². The zero-order chi connectivity index (χ0) is 19.7. The molecule has 0 atom stereocenters. The molecule has 0 saturated heterocycles. The molecule has 4 aromatic rings. The van der Waals surface area contributed by atoms with E-state index in [2.05, 4.69) is 42.1 Å². The van der Waals surface area contributed by atoms with Gasteiger partial charge in [0.25, 0.3) is 5.91 Å². The van der Waals surface area contributed by atoms with Gasteiger partial charge in [0.05, 0.1) is 0 Å². The van der Waals surface area contributed by atoms with Crippen LogP contribution in [0.4, 0.5) is 0 Å². The third kappa shape index (κ3) is 3.57. The van der Waals surface area contributed by atoms with Gasteiger partial charge in [-0.15, -0.1) is 0 Å². The van der Waals surface area contributed by atoms with Crippen molar-refractivity contribution in [3.05, 3.63) is 77.4 Å². The zero-order valence-electron chi connectivity index (χ0n) is 13.4. The molecule has 27 heavy (non-hydrogen) atoms. The van der Waals surface area contributed by atoms with E-state index in [9.17, 15) is 14.4 Å². The number of primary amides is 1. The SMILES string of the molecule is N#Cc1c[nH]n2cc(Br)cc2c1=O.NC(=O)c1c[nH]n2cc(Br)cc2c1=O. The first-order chi connectivity index (χ1) is 12.8. The molecule has 4 heterocycles. The number of halogens is 2. The molecule has 11 heteroatoms. The first-order valence-electron chi connectivity index (χ1n) is 7.30. The fourth-order valence-electron chi connectivity index (χ4n) is 2.37. The summed E-state index contributed by atoms with van der Waals surface area (Å²) in [6, 6.07) is 5.11. The topological polar surface area (TPSA) is 141 Å². The molecule has 0 saturated carbocycles. The van der Waals surface area contributed by atoms with Crippen molar-refractivity contribution < 1.29 is 4.79 Å². The van der Waals surface area contributed by atoms with E-state index in [1.165, 1.54) is 16.9 Å². The molecule has 136 valence electrons. The molecule has 0 spiro atoms. The van der Waals surface area contributed by atoms with E-state index in [1.807, 2.05) is 6.07 Å². The van der Waals surface area contributed by atoms with Gasteiger partial charge in [-0.25, -0.2) is 0 Å². The van der Waals surface area contributed by atoms with Gasteiger partial charge in [-0.3, -0.25) is 23.4 Å². The van der Waals surface area contributed by atoms with E-state index in [4.69, 9.17) is 11.0 Å². The van der Waals surface area contributed by atoms with Crippen molar-refractivity contribution in [3.8, 4) is 6.07 Å². The van der Waals surface area contributed by atoms with Crippen molar-refractivity contribution in [2.24, 2.45) is 5.73 Å². The number of nitrogens with two attached hydrogens (primary N) is 1. The van der Waals surface area contributed by atoms with Crippen LogP contribution in [-0.2, 0) is 0 Å². The van der Waals surface area contributed by atoms with Crippen LogP contribution in [-0.4, -0.2) is 25.1 Å². The molecule has 0 aliphatic rings. The molecule has 0 aliphatic heterocycles. The van der Waals surface area contributed by atoms with Crippen LogP contribution in [0.1, 0.15) is 15.9 Å². The standard InChI is InChI=1S/C8H6BrN3O2.C8H4BrN3O/c9-4-1-6-7(13)5(8(10)14)2-11-12(6)3-4;9-6-1-7-8(13)5(2-10)3-11-12(7)4-6/h1-3,11H,(H2,10,14);1,3-4,11H. The summed E-state index contributed by atoms with van der Waals surface area (Å²) < 4.78 is 4.63. The van der Waals surface area contributed by atoms with Crippen molar-refractivity contribution in [3.63, 3.8) is 0 Å². The van der Waals surface area contributed by atoms with Crippen molar-refractivity contribution >= 4 is 48.8 Å². The average molecular weight is 494 g/mol. The van der Waals surface area contributed by atoms with Crippen LogP contribution in [0, 0.1) is 11.3 Å². The molecular formula is C16H10Br2N6O3. The second-order valence-corrected chi connectivity index (χ2v) is 7.17. The van der Waals surface area contributed by atoms with Gasteiger partial charge >= 0.3 is 0 Å². The first kappa shape index (κ1) is 18.7. The summed E-state index contributed by atoms with van der Waals surface area (Å²) >= 11 is 6.47. The molecule has 0 bridgehead atoms. The number of H-pyrrole nitrogens is 2. The van der Waals surface area contributed by atoms with Crippen LogP contribution < -0.4 is 16.6 Å². The first-order valence-corrected chi connectivity index (χ1v) is 8.89. The van der Waals surface area contributed by atoms with Crippen molar-refractivity contribution in [1.29, 1.82) is 5.26 Å². The maximum atomic E-state index is 11.6. The van der Waals surface area contributed by atoms with E-state index >= 15 is 0 Å². The monoisotopic (exact) mass is 492 g/mol. The normalized spacial score (nSPS) is 10.4. The largest absolute Gasteiger partial charge is 0.365 e. The van der Waals surface area contributed by atoms with Crippen LogP contribution in [0.3, 0.4) is 0 Å². The Morgan fingerprint density at radius 3 is 2.04 bits per heavy atom. The maximum Gasteiger partial charge on any atom is 0.254 e. The Balaban J connectivity index is 0.000000156. The minimum Gasteiger partial charge on any atom is -0.365 e. The fraction of sp³-hybridized carbons (Fsp3) is 0. The van der Waals surface area contributed by atoms with Crippen LogP contribution in [0.5, 0.6) is 0 Å². The Hall–Kier alpha value is -3.10. The summed E-state index contributed by atoms with van der Waals surface area (Å²) in [4.78, 5) is 34.0. The van der Waals surface area contributed by atoms with Gasteiger partial charge in [0.2, 0.25) is 10.9 Å². The van der Waals surface area contributed by atoms with Crippen LogP contribution in [0.25, 0.3) is 11.0 Å². The molecule has 0 aromatic carbocycles. The minimum atomic E-state index is -0.730. The molecule has 1 amide bonds. The van der Waals surface area contributed by atoms with E-state index in [-0.39, 0.29) is 22.0 Å². The number of amides is 1. The number of nitriles is 1. The summed E-state index contributed by atoms with van der Waals surface area (Å²) in [5.74, 6) is -0.730. The molecule has 9 nitrogen and oxygen atoms in total. The number of aromatic amines is 2. The van der Waals surface area contributed by atoms with Gasteiger partial charge < -0.3 is 15.9 Å². The lowest BCUT2D eigenvalue weighted by atomic mass is 10.2. The third-order valence-electron chi connectivity index (χ3n) is 3.61. The van der Waals surface area contributed by atoms with Crippen molar-refractivity contribution in [1.82, 2.24) is 19.2 Å². The van der Waals surface area contributed by atoms with Gasteiger partial charge in [-0.2, -0.15) is 5.26 Å². The second kappa shape index (κ2) is 7.26. The van der Waals surface area contributed by atoms with Crippen molar-refractivity contribution in [2.75, 3.05) is 0 Å². The van der Waals surface area contributed by atoms with Crippen molar-refractivity contribution in [2.45, 2.75) is 0 Å². The Labute approximate surface area is 167 Å². The average Bonchev–Trinajstić information content (AvgIpc) is 3.18. The molecule has 4 N–H and O–H groups in total. The summed E-state index contributed by atoms with van der Waals surface area (Å²) in [6.45, 7) is 0. The fourth-order valence-corrected chi connectivity index (χ4v) is 3.21. The Kier molecular flexibility index (Phi) is 5.02. The predicted molar refractivity (Wildman–Crippen MR) is 105 cm³/mol. The lowest BCUT2D eigenvalue weighted by Crippen LogP contribution is -2.23. The molecule has 4 rings (SSSR count). The van der Waals surface area contributed by atoms with Crippen LogP contribution >= 0.6 is 31.9 Å². The Bertz CT molecular complexity index is 1340. The number of hydrogen-bond acceptors (Lipinski definition) is 4. The van der Waals surface area contributed by atoms with Crippen LogP contribution in [0.2, 0.25) is 0 Å². The van der Waals surface area contributed by atoms with E-state index in [1.54, 1.807) is 29.0 Å². The maximum absolute atomic E-state index is 11.6. The second-order valence-electron chi connectivity index (χ2n) is 5.34. The highest BCUT2D eigenvalue weighted by Gasteiger charge is 2.10. The molecule has 0 unspecified atom stereocenters. The highest BCUT2D eigenvalue weighted by Crippen LogP contribution is 2.12. The molecule has 0 aliphatic carbocycles. The lowest BCUT2D eigenvalue weighted by molar-refractivity contribution is 0.0999. The number of nitrogens with zero attached hydrogens (tertiary/aromatic N) is 3. The number of aromatic nitrogens is 4. The highest BCUT2D eigenvalue weighted by atomic mass is 79.9. The number of hydrogen-bond donors (Lipinski definition) is 3. The molecular weight excluding hydrogens is 484 g/mol. The van der Waals surface area contributed by atoms with Gasteiger partial charge in [0.1, 0.15) is 28.2 Å². The van der Waals surface area contributed by atoms with Gasteiger partial charge in [0.15, 0.2) is 0 Å². The summed E-state index contributed by atoms with van der Waals surface area (Å²) in [5.41, 5.74) is 5.33.